The van der Waals surface area contributed by atoms with Gasteiger partial charge in [-0.15, -0.1) is 0 Å². The number of H-pyrrole nitrogens is 1. The number of rotatable bonds is 9. The Kier molecular flexibility index (Phi) is 8.96. The van der Waals surface area contributed by atoms with Gasteiger partial charge in [0.15, 0.2) is 5.69 Å². The molecule has 0 aliphatic carbocycles. The van der Waals surface area contributed by atoms with Crippen LogP contribution < -0.4 is 5.32 Å². The van der Waals surface area contributed by atoms with E-state index in [1.807, 2.05) is 30.6 Å². The van der Waals surface area contributed by atoms with Crippen LogP contribution in [0.4, 0.5) is 5.69 Å². The van der Waals surface area contributed by atoms with Crippen molar-refractivity contribution in [3.8, 4) is 0 Å². The lowest BCUT2D eigenvalue weighted by molar-refractivity contribution is 0.102. The molecule has 8 nitrogen and oxygen atoms in total. The third kappa shape index (κ3) is 7.07. The van der Waals surface area contributed by atoms with Crippen LogP contribution in [0.2, 0.25) is 0 Å². The number of nitrogens with one attached hydrogen (secondary N) is 2. The van der Waals surface area contributed by atoms with Crippen LogP contribution >= 0.6 is 0 Å². The first kappa shape index (κ1) is 27.0. The normalized spacial score (nSPS) is 17.9. The molecule has 1 aromatic carbocycles. The number of anilines is 1. The molecule has 3 aromatic rings. The van der Waals surface area contributed by atoms with Crippen LogP contribution in [0.25, 0.3) is 16.5 Å². The Morgan fingerprint density at radius 1 is 1.05 bits per heavy atom. The highest BCUT2D eigenvalue weighted by molar-refractivity contribution is 6.11. The third-order valence-electron chi connectivity index (χ3n) is 7.65. The fourth-order valence-electron chi connectivity index (χ4n) is 5.62. The summed E-state index contributed by atoms with van der Waals surface area (Å²) < 4.78 is 0. The van der Waals surface area contributed by atoms with Gasteiger partial charge in [0.05, 0.1) is 17.4 Å². The third-order valence-corrected chi connectivity index (χ3v) is 7.65. The Balaban J connectivity index is 1.31. The number of allylic oxidation sites excluding steroid dienone is 1. The van der Waals surface area contributed by atoms with Gasteiger partial charge in [0, 0.05) is 30.9 Å². The molecular weight excluding hydrogens is 486 g/mol. The lowest BCUT2D eigenvalue weighted by Gasteiger charge is -2.26. The smallest absolute Gasteiger partial charge is 0.276 e. The van der Waals surface area contributed by atoms with Gasteiger partial charge in [-0.2, -0.15) is 5.10 Å². The number of fused-ring (bicyclic) bond motifs is 1. The Morgan fingerprint density at radius 3 is 2.54 bits per heavy atom. The van der Waals surface area contributed by atoms with E-state index in [0.717, 1.165) is 72.4 Å². The minimum absolute atomic E-state index is 0.251. The molecular formula is C31H39N7O. The van der Waals surface area contributed by atoms with Crippen LogP contribution in [0.15, 0.2) is 59.5 Å². The summed E-state index contributed by atoms with van der Waals surface area (Å²) in [6.45, 7) is 12.0. The highest BCUT2D eigenvalue weighted by Crippen LogP contribution is 2.25. The lowest BCUT2D eigenvalue weighted by atomic mass is 10.0. The molecule has 2 aromatic heterocycles. The molecule has 0 bridgehead atoms. The molecule has 5 rings (SSSR count). The zero-order chi connectivity index (χ0) is 27.0. The standard InChI is InChI=1S/C31H39N7O/c1-23(15-24(18-32-2)21-37-11-5-3-6-12-37)26-9-10-29-28(17-26)30(36-35-29)31(39)34-27-16-25(19-33-20-27)22-38-13-7-4-8-14-38/h9-10,15-20H,2-8,11-14,21-22H2,1H3,(H,34,39)(H,35,36)/b23-15+,24-18+. The maximum Gasteiger partial charge on any atom is 0.276 e. The molecule has 2 aliphatic heterocycles. The number of amides is 1. The van der Waals surface area contributed by atoms with Crippen molar-refractivity contribution in [3.05, 3.63) is 71.3 Å². The van der Waals surface area contributed by atoms with Crippen molar-refractivity contribution in [2.45, 2.75) is 52.0 Å². The zero-order valence-electron chi connectivity index (χ0n) is 23.0. The summed E-state index contributed by atoms with van der Waals surface area (Å²) in [7, 11) is 0. The molecule has 204 valence electrons. The van der Waals surface area contributed by atoms with Crippen LogP contribution in [-0.4, -0.2) is 70.3 Å². The number of hydrogen-bond donors (Lipinski definition) is 2. The van der Waals surface area contributed by atoms with Crippen molar-refractivity contribution >= 4 is 34.8 Å². The van der Waals surface area contributed by atoms with Crippen LogP contribution in [0.3, 0.4) is 0 Å². The fraction of sp³-hybridized carbons (Fsp3) is 0.419. The van der Waals surface area contributed by atoms with Gasteiger partial charge in [-0.3, -0.25) is 29.7 Å². The van der Waals surface area contributed by atoms with E-state index in [0.29, 0.717) is 11.4 Å². The predicted molar refractivity (Wildman–Crippen MR) is 159 cm³/mol. The second-order valence-electron chi connectivity index (χ2n) is 10.8. The Labute approximate surface area is 230 Å². The molecule has 2 saturated heterocycles. The van der Waals surface area contributed by atoms with E-state index in [1.54, 1.807) is 6.20 Å². The maximum atomic E-state index is 13.3. The molecule has 0 spiro atoms. The van der Waals surface area contributed by atoms with Gasteiger partial charge in [-0.25, -0.2) is 0 Å². The molecule has 0 radical (unpaired) electrons. The number of benzene rings is 1. The number of hydrogen-bond acceptors (Lipinski definition) is 6. The molecule has 4 heterocycles. The molecule has 2 fully saturated rings. The first-order valence-electron chi connectivity index (χ1n) is 14.1. The SMILES string of the molecule is C=N/C=C(\C=C(/C)c1ccc2[nH]nc(C(=O)Nc3cncc(CN4CCCCC4)c3)c2c1)CN1CCCCC1. The number of carbonyl (C=O) groups excluding carboxylic acids is 1. The minimum Gasteiger partial charge on any atom is -0.319 e. The second-order valence-corrected chi connectivity index (χ2v) is 10.8. The van der Waals surface area contributed by atoms with Gasteiger partial charge in [0.1, 0.15) is 0 Å². The van der Waals surface area contributed by atoms with Crippen molar-refractivity contribution in [3.63, 3.8) is 0 Å². The van der Waals surface area contributed by atoms with Crippen LogP contribution in [0.1, 0.15) is 67.1 Å². The first-order chi connectivity index (χ1) is 19.1. The summed E-state index contributed by atoms with van der Waals surface area (Å²) in [4.78, 5) is 26.6. The molecule has 2 aliphatic rings. The number of likely N-dealkylation sites (tertiary alicyclic amines) is 2. The molecule has 8 heteroatoms. The molecule has 0 saturated carbocycles. The van der Waals surface area contributed by atoms with Gasteiger partial charge in [0.25, 0.3) is 5.91 Å². The van der Waals surface area contributed by atoms with Crippen molar-refractivity contribution in [1.82, 2.24) is 25.0 Å². The van der Waals surface area contributed by atoms with Crippen LogP contribution in [-0.2, 0) is 6.54 Å². The molecule has 39 heavy (non-hydrogen) atoms. The van der Waals surface area contributed by atoms with E-state index >= 15 is 0 Å². The highest BCUT2D eigenvalue weighted by atomic mass is 16.1. The number of aromatic nitrogens is 3. The number of aliphatic imine (C=N–C) groups is 1. The van der Waals surface area contributed by atoms with Crippen molar-refractivity contribution in [1.29, 1.82) is 0 Å². The summed E-state index contributed by atoms with van der Waals surface area (Å²) in [5.74, 6) is -0.251. The van der Waals surface area contributed by atoms with E-state index in [2.05, 4.69) is 61.1 Å². The molecule has 1 amide bonds. The van der Waals surface area contributed by atoms with E-state index in [9.17, 15) is 4.79 Å². The van der Waals surface area contributed by atoms with Gasteiger partial charge in [-0.1, -0.05) is 25.0 Å². The maximum absolute atomic E-state index is 13.3. The largest absolute Gasteiger partial charge is 0.319 e. The monoisotopic (exact) mass is 525 g/mol. The average molecular weight is 526 g/mol. The van der Waals surface area contributed by atoms with Crippen molar-refractivity contribution in [2.75, 3.05) is 38.0 Å². The van der Waals surface area contributed by atoms with E-state index in [-0.39, 0.29) is 5.91 Å². The van der Waals surface area contributed by atoms with Gasteiger partial charge >= 0.3 is 0 Å². The quantitative estimate of drug-likeness (QED) is 0.278. The number of pyridine rings is 1. The minimum atomic E-state index is -0.251. The predicted octanol–water partition coefficient (Wildman–Crippen LogP) is 5.67. The van der Waals surface area contributed by atoms with Crippen LogP contribution in [0, 0.1) is 0 Å². The van der Waals surface area contributed by atoms with Gasteiger partial charge < -0.3 is 5.32 Å². The number of carbonyl (C=O) groups is 1. The Morgan fingerprint density at radius 2 is 1.79 bits per heavy atom. The van der Waals surface area contributed by atoms with Crippen LogP contribution in [0.5, 0.6) is 0 Å². The number of nitrogens with zero attached hydrogens (tertiary/aromatic N) is 5. The number of piperidine rings is 2. The Hall–Kier alpha value is -3.62. The first-order valence-corrected chi connectivity index (χ1v) is 14.1. The van der Waals surface area contributed by atoms with Crippen molar-refractivity contribution in [2.24, 2.45) is 4.99 Å². The summed E-state index contributed by atoms with van der Waals surface area (Å²) in [5, 5.41) is 11.2. The molecule has 2 N–H and O–H groups in total. The second kappa shape index (κ2) is 13.0. The average Bonchev–Trinajstić information content (AvgIpc) is 3.38. The Bertz CT molecular complexity index is 1360. The number of aromatic amines is 1. The summed E-state index contributed by atoms with van der Waals surface area (Å²) >= 11 is 0. The van der Waals surface area contributed by atoms with E-state index < -0.39 is 0 Å². The topological polar surface area (TPSA) is 89.5 Å². The van der Waals surface area contributed by atoms with E-state index in [1.165, 1.54) is 38.5 Å². The fourth-order valence-corrected chi connectivity index (χ4v) is 5.62. The summed E-state index contributed by atoms with van der Waals surface area (Å²) in [6, 6.07) is 8.08. The van der Waals surface area contributed by atoms with Gasteiger partial charge in [-0.05, 0) is 106 Å². The highest BCUT2D eigenvalue weighted by Gasteiger charge is 2.17. The summed E-state index contributed by atoms with van der Waals surface area (Å²) in [6.07, 6.45) is 15.2. The van der Waals surface area contributed by atoms with Crippen molar-refractivity contribution < 1.29 is 4.79 Å². The molecule has 0 unspecified atom stereocenters. The molecule has 0 atom stereocenters. The van der Waals surface area contributed by atoms with E-state index in [4.69, 9.17) is 0 Å². The zero-order valence-corrected chi connectivity index (χ0v) is 23.0. The van der Waals surface area contributed by atoms with Gasteiger partial charge in [0.2, 0.25) is 0 Å². The lowest BCUT2D eigenvalue weighted by Crippen LogP contribution is -2.31. The summed E-state index contributed by atoms with van der Waals surface area (Å²) in [5.41, 5.74) is 6.26.